The summed E-state index contributed by atoms with van der Waals surface area (Å²) in [6.45, 7) is 3.62. The summed E-state index contributed by atoms with van der Waals surface area (Å²) in [7, 11) is 1.61. The first-order chi connectivity index (χ1) is 16.6. The van der Waals surface area contributed by atoms with Crippen molar-refractivity contribution in [3.05, 3.63) is 70.3 Å². The number of halogens is 1. The second kappa shape index (κ2) is 14.1. The summed E-state index contributed by atoms with van der Waals surface area (Å²) >= 11 is 6.35. The molecule has 2 N–H and O–H groups in total. The molecule has 0 aliphatic carbocycles. The van der Waals surface area contributed by atoms with Crippen molar-refractivity contribution in [2.75, 3.05) is 51.5 Å². The van der Waals surface area contributed by atoms with Crippen LogP contribution in [0.15, 0.2) is 54.1 Å². The SMILES string of the molecule is COCCOCC/C(=C\CNCCCCN1c2ccccc2CCc2ccc(Cl)cc21)C(=O)O. The molecule has 0 saturated heterocycles. The van der Waals surface area contributed by atoms with E-state index in [0.717, 1.165) is 43.8 Å². The first kappa shape index (κ1) is 26.2. The molecule has 2 aromatic carbocycles. The minimum atomic E-state index is -0.894. The number of hydrogen-bond acceptors (Lipinski definition) is 5. The van der Waals surface area contributed by atoms with Crippen LogP contribution >= 0.6 is 11.6 Å². The van der Waals surface area contributed by atoms with E-state index in [1.165, 1.54) is 22.5 Å². The van der Waals surface area contributed by atoms with Crippen LogP contribution in [0, 0.1) is 0 Å². The standard InChI is InChI=1S/C27H35ClN2O4/c1-33-18-19-34-17-13-23(27(31)32)12-15-29-14-4-5-16-30-25-7-3-2-6-21(25)8-9-22-10-11-24(28)20-26(22)30/h2-3,6-7,10-12,20,29H,4-5,8-9,13-19H2,1H3,(H,31,32)/b23-12+. The highest BCUT2D eigenvalue weighted by molar-refractivity contribution is 6.30. The van der Waals surface area contributed by atoms with Crippen LogP contribution in [0.5, 0.6) is 0 Å². The lowest BCUT2D eigenvalue weighted by Gasteiger charge is -2.27. The molecule has 2 aromatic rings. The monoisotopic (exact) mass is 486 g/mol. The normalized spacial score (nSPS) is 13.4. The average Bonchev–Trinajstić information content (AvgIpc) is 2.98. The van der Waals surface area contributed by atoms with Gasteiger partial charge in [0.2, 0.25) is 0 Å². The summed E-state index contributed by atoms with van der Waals surface area (Å²) in [5.74, 6) is -0.894. The number of fused-ring (bicyclic) bond motifs is 2. The van der Waals surface area contributed by atoms with Gasteiger partial charge >= 0.3 is 5.97 Å². The summed E-state index contributed by atoms with van der Waals surface area (Å²) in [4.78, 5) is 13.8. The van der Waals surface area contributed by atoms with Crippen molar-refractivity contribution in [1.82, 2.24) is 5.32 Å². The van der Waals surface area contributed by atoms with Crippen molar-refractivity contribution in [3.8, 4) is 0 Å². The average molecular weight is 487 g/mol. The van der Waals surface area contributed by atoms with Crippen LogP contribution in [0.3, 0.4) is 0 Å². The molecule has 34 heavy (non-hydrogen) atoms. The van der Waals surface area contributed by atoms with Crippen LogP contribution in [0.25, 0.3) is 0 Å². The van der Waals surface area contributed by atoms with Gasteiger partial charge in [-0.05, 0) is 61.6 Å². The number of carboxylic acid groups (broad SMARTS) is 1. The van der Waals surface area contributed by atoms with Gasteiger partial charge < -0.3 is 24.8 Å². The number of hydrogen-bond donors (Lipinski definition) is 2. The number of carbonyl (C=O) groups is 1. The van der Waals surface area contributed by atoms with E-state index in [9.17, 15) is 9.90 Å². The molecule has 0 aromatic heterocycles. The highest BCUT2D eigenvalue weighted by Crippen LogP contribution is 2.37. The smallest absolute Gasteiger partial charge is 0.331 e. The van der Waals surface area contributed by atoms with Crippen molar-refractivity contribution in [3.63, 3.8) is 0 Å². The number of carboxylic acids is 1. The number of unbranched alkanes of at least 4 members (excludes halogenated alkanes) is 1. The number of para-hydroxylation sites is 1. The molecule has 1 aliphatic rings. The minimum absolute atomic E-state index is 0.375. The predicted molar refractivity (Wildman–Crippen MR) is 137 cm³/mol. The Labute approximate surface area is 207 Å². The zero-order valence-electron chi connectivity index (χ0n) is 19.9. The van der Waals surface area contributed by atoms with Crippen molar-refractivity contribution >= 4 is 28.9 Å². The van der Waals surface area contributed by atoms with E-state index in [2.05, 4.69) is 46.6 Å². The number of rotatable bonds is 14. The molecule has 0 radical (unpaired) electrons. The Morgan fingerprint density at radius 3 is 2.68 bits per heavy atom. The molecule has 0 atom stereocenters. The summed E-state index contributed by atoms with van der Waals surface area (Å²) in [5, 5.41) is 13.5. The lowest BCUT2D eigenvalue weighted by atomic mass is 10.0. The largest absolute Gasteiger partial charge is 0.478 e. The summed E-state index contributed by atoms with van der Waals surface area (Å²) < 4.78 is 10.3. The molecule has 0 bridgehead atoms. The highest BCUT2D eigenvalue weighted by atomic mass is 35.5. The Bertz CT molecular complexity index is 963. The molecule has 0 saturated carbocycles. The molecular weight excluding hydrogens is 452 g/mol. The third-order valence-electron chi connectivity index (χ3n) is 5.98. The van der Waals surface area contributed by atoms with E-state index in [0.29, 0.717) is 38.4 Å². The maximum Gasteiger partial charge on any atom is 0.331 e. The van der Waals surface area contributed by atoms with Gasteiger partial charge in [-0.25, -0.2) is 4.79 Å². The lowest BCUT2D eigenvalue weighted by molar-refractivity contribution is -0.133. The number of methoxy groups -OCH3 is 1. The fourth-order valence-corrected chi connectivity index (χ4v) is 4.33. The predicted octanol–water partition coefficient (Wildman–Crippen LogP) is 5.01. The topological polar surface area (TPSA) is 71.0 Å². The van der Waals surface area contributed by atoms with Crippen molar-refractivity contribution < 1.29 is 19.4 Å². The van der Waals surface area contributed by atoms with Crippen molar-refractivity contribution in [2.45, 2.75) is 32.1 Å². The van der Waals surface area contributed by atoms with Crippen LogP contribution in [-0.4, -0.2) is 57.6 Å². The fourth-order valence-electron chi connectivity index (χ4n) is 4.17. The van der Waals surface area contributed by atoms with Gasteiger partial charge in [-0.1, -0.05) is 41.9 Å². The van der Waals surface area contributed by atoms with Gasteiger partial charge in [0.25, 0.3) is 0 Å². The molecule has 1 aliphatic heterocycles. The Kier molecular flexibility index (Phi) is 10.9. The molecular formula is C27H35ClN2O4. The van der Waals surface area contributed by atoms with E-state index in [1.807, 2.05) is 6.07 Å². The molecule has 7 heteroatoms. The van der Waals surface area contributed by atoms with Gasteiger partial charge in [-0.15, -0.1) is 0 Å². The molecule has 3 rings (SSSR count). The van der Waals surface area contributed by atoms with Crippen molar-refractivity contribution in [2.24, 2.45) is 0 Å². The Morgan fingerprint density at radius 2 is 1.88 bits per heavy atom. The van der Waals surface area contributed by atoms with Crippen LogP contribution in [0.4, 0.5) is 11.4 Å². The number of nitrogens with one attached hydrogen (secondary N) is 1. The fraction of sp³-hybridized carbons (Fsp3) is 0.444. The summed E-state index contributed by atoms with van der Waals surface area (Å²) in [6, 6.07) is 14.8. The molecule has 0 fully saturated rings. The summed E-state index contributed by atoms with van der Waals surface area (Å²) in [6.07, 6.45) is 6.17. The zero-order chi connectivity index (χ0) is 24.2. The number of aryl methyl sites for hydroxylation is 2. The van der Waals surface area contributed by atoms with Gasteiger partial charge in [0.1, 0.15) is 0 Å². The van der Waals surface area contributed by atoms with Gasteiger partial charge in [0, 0.05) is 48.6 Å². The van der Waals surface area contributed by atoms with Gasteiger partial charge in [0.15, 0.2) is 0 Å². The Morgan fingerprint density at radius 1 is 1.09 bits per heavy atom. The Hall–Kier alpha value is -2.38. The molecule has 0 unspecified atom stereocenters. The lowest BCUT2D eigenvalue weighted by Crippen LogP contribution is -2.22. The molecule has 6 nitrogen and oxygen atoms in total. The third kappa shape index (κ3) is 7.84. The first-order valence-electron chi connectivity index (χ1n) is 11.9. The third-order valence-corrected chi connectivity index (χ3v) is 6.22. The second-order valence-corrected chi connectivity index (χ2v) is 8.79. The van der Waals surface area contributed by atoms with E-state index < -0.39 is 5.97 Å². The molecule has 1 heterocycles. The van der Waals surface area contributed by atoms with Crippen LogP contribution in [0.1, 0.15) is 30.4 Å². The molecule has 0 amide bonds. The maximum atomic E-state index is 11.4. The van der Waals surface area contributed by atoms with E-state index in [-0.39, 0.29) is 0 Å². The molecule has 0 spiro atoms. The second-order valence-electron chi connectivity index (χ2n) is 8.35. The zero-order valence-corrected chi connectivity index (χ0v) is 20.7. The van der Waals surface area contributed by atoms with Crippen molar-refractivity contribution in [1.29, 1.82) is 0 Å². The van der Waals surface area contributed by atoms with Crippen LogP contribution in [0.2, 0.25) is 5.02 Å². The Balaban J connectivity index is 1.48. The number of nitrogens with zero attached hydrogens (tertiary/aromatic N) is 1. The van der Waals surface area contributed by atoms with Gasteiger partial charge in [-0.3, -0.25) is 0 Å². The number of ether oxygens (including phenoxy) is 2. The number of aliphatic carboxylic acids is 1. The summed E-state index contributed by atoms with van der Waals surface area (Å²) in [5.41, 5.74) is 5.53. The number of anilines is 2. The highest BCUT2D eigenvalue weighted by Gasteiger charge is 2.20. The van der Waals surface area contributed by atoms with Gasteiger partial charge in [-0.2, -0.15) is 0 Å². The van der Waals surface area contributed by atoms with E-state index in [4.69, 9.17) is 21.1 Å². The molecule has 184 valence electrons. The van der Waals surface area contributed by atoms with Gasteiger partial charge in [0.05, 0.1) is 19.8 Å². The first-order valence-corrected chi connectivity index (χ1v) is 12.3. The minimum Gasteiger partial charge on any atom is -0.478 e. The van der Waals surface area contributed by atoms with Crippen LogP contribution in [-0.2, 0) is 27.1 Å². The maximum absolute atomic E-state index is 11.4. The van der Waals surface area contributed by atoms with E-state index in [1.54, 1.807) is 13.2 Å². The quantitative estimate of drug-likeness (QED) is 0.289. The van der Waals surface area contributed by atoms with E-state index >= 15 is 0 Å². The van der Waals surface area contributed by atoms with Crippen LogP contribution < -0.4 is 10.2 Å². The number of benzene rings is 2.